The van der Waals surface area contributed by atoms with Crippen LogP contribution in [0.25, 0.3) is 0 Å². The summed E-state index contributed by atoms with van der Waals surface area (Å²) < 4.78 is 26.7. The van der Waals surface area contributed by atoms with Crippen LogP contribution < -0.4 is 15.5 Å². The van der Waals surface area contributed by atoms with E-state index in [9.17, 15) is 13.6 Å². The maximum Gasteiger partial charge on any atom is 0.238 e. The van der Waals surface area contributed by atoms with Crippen molar-refractivity contribution in [3.63, 3.8) is 0 Å². The Balaban J connectivity index is 1.39. The molecule has 1 aliphatic heterocycles. The van der Waals surface area contributed by atoms with E-state index in [-0.39, 0.29) is 30.1 Å². The molecule has 4 nitrogen and oxygen atoms in total. The number of hydrogen-bond donors (Lipinski definition) is 2. The first-order valence-electron chi connectivity index (χ1n) is 11.0. The molecule has 1 aliphatic rings. The van der Waals surface area contributed by atoms with Crippen LogP contribution in [0.5, 0.6) is 0 Å². The fourth-order valence-electron chi connectivity index (χ4n) is 4.05. The monoisotopic (exact) mass is 435 g/mol. The van der Waals surface area contributed by atoms with Crippen molar-refractivity contribution in [3.8, 4) is 0 Å². The Bertz CT molecular complexity index is 969. The van der Waals surface area contributed by atoms with Gasteiger partial charge in [-0.25, -0.2) is 8.78 Å². The lowest BCUT2D eigenvalue weighted by Gasteiger charge is -2.28. The van der Waals surface area contributed by atoms with Crippen LogP contribution in [0.1, 0.15) is 36.4 Å². The molecule has 1 amide bonds. The minimum absolute atomic E-state index is 0.0489. The van der Waals surface area contributed by atoms with Gasteiger partial charge in [-0.15, -0.1) is 0 Å². The van der Waals surface area contributed by atoms with E-state index in [4.69, 9.17) is 0 Å². The molecule has 3 aromatic rings. The SMILES string of the molecule is O=C(CNC(c1ccc(F)cc1)c1ccc(F)cc1)Nc1ccc(N2CCCCC2)cc1. The highest BCUT2D eigenvalue weighted by atomic mass is 19.1. The largest absolute Gasteiger partial charge is 0.372 e. The van der Waals surface area contributed by atoms with Crippen LogP contribution in [0, 0.1) is 11.6 Å². The molecule has 0 atom stereocenters. The number of halogens is 2. The topological polar surface area (TPSA) is 44.4 Å². The molecule has 4 rings (SSSR count). The molecule has 0 spiro atoms. The molecular formula is C26H27F2N3O. The molecule has 6 heteroatoms. The average Bonchev–Trinajstić information content (AvgIpc) is 2.82. The Morgan fingerprint density at radius 3 is 1.84 bits per heavy atom. The number of amides is 1. The summed E-state index contributed by atoms with van der Waals surface area (Å²) in [5.41, 5.74) is 3.49. The maximum absolute atomic E-state index is 13.4. The Morgan fingerprint density at radius 2 is 1.31 bits per heavy atom. The van der Waals surface area contributed by atoms with E-state index in [1.807, 2.05) is 24.3 Å². The van der Waals surface area contributed by atoms with E-state index in [1.54, 1.807) is 24.3 Å². The summed E-state index contributed by atoms with van der Waals surface area (Å²) in [4.78, 5) is 14.9. The first kappa shape index (κ1) is 22.0. The number of hydrogen-bond acceptors (Lipinski definition) is 3. The number of nitrogens with one attached hydrogen (secondary N) is 2. The van der Waals surface area contributed by atoms with Crippen molar-refractivity contribution < 1.29 is 13.6 Å². The van der Waals surface area contributed by atoms with Gasteiger partial charge in [0, 0.05) is 24.5 Å². The summed E-state index contributed by atoms with van der Waals surface area (Å²) in [6, 6.07) is 19.7. The maximum atomic E-state index is 13.4. The van der Waals surface area contributed by atoms with Crippen molar-refractivity contribution in [2.45, 2.75) is 25.3 Å². The minimum atomic E-state index is -0.372. The molecule has 0 saturated carbocycles. The number of rotatable bonds is 7. The van der Waals surface area contributed by atoms with Crippen molar-refractivity contribution in [1.29, 1.82) is 0 Å². The normalized spacial score (nSPS) is 13.9. The number of carbonyl (C=O) groups is 1. The number of nitrogens with zero attached hydrogens (tertiary/aromatic N) is 1. The van der Waals surface area contributed by atoms with Gasteiger partial charge in [0.25, 0.3) is 0 Å². The molecule has 0 aliphatic carbocycles. The third-order valence-corrected chi connectivity index (χ3v) is 5.75. The van der Waals surface area contributed by atoms with Crippen LogP contribution in [-0.2, 0) is 4.79 Å². The van der Waals surface area contributed by atoms with Crippen LogP contribution in [0.3, 0.4) is 0 Å². The van der Waals surface area contributed by atoms with Crippen LogP contribution in [0.4, 0.5) is 20.2 Å². The van der Waals surface area contributed by atoms with Gasteiger partial charge in [-0.1, -0.05) is 24.3 Å². The second kappa shape index (κ2) is 10.4. The van der Waals surface area contributed by atoms with Crippen molar-refractivity contribution in [2.75, 3.05) is 29.9 Å². The van der Waals surface area contributed by atoms with Crippen LogP contribution in [0.15, 0.2) is 72.8 Å². The van der Waals surface area contributed by atoms with Gasteiger partial charge < -0.3 is 10.2 Å². The minimum Gasteiger partial charge on any atom is -0.372 e. The van der Waals surface area contributed by atoms with Gasteiger partial charge in [0.2, 0.25) is 5.91 Å². The van der Waals surface area contributed by atoms with E-state index < -0.39 is 0 Å². The van der Waals surface area contributed by atoms with Crippen molar-refractivity contribution in [1.82, 2.24) is 5.32 Å². The number of piperidine rings is 1. The standard InChI is InChI=1S/C26H27F2N3O/c27-21-8-4-19(5-9-21)26(20-6-10-22(28)11-7-20)29-18-25(32)30-23-12-14-24(15-13-23)31-16-2-1-3-17-31/h4-15,26,29H,1-3,16-18H2,(H,30,32). The Labute approximate surface area is 187 Å². The van der Waals surface area contributed by atoms with E-state index in [1.165, 1.54) is 49.2 Å². The molecule has 0 bridgehead atoms. The van der Waals surface area contributed by atoms with E-state index >= 15 is 0 Å². The number of carbonyl (C=O) groups excluding carboxylic acids is 1. The third kappa shape index (κ3) is 5.71. The molecular weight excluding hydrogens is 408 g/mol. The lowest BCUT2D eigenvalue weighted by atomic mass is 9.98. The molecule has 1 fully saturated rings. The lowest BCUT2D eigenvalue weighted by molar-refractivity contribution is -0.115. The van der Waals surface area contributed by atoms with Gasteiger partial charge in [0.05, 0.1) is 12.6 Å². The molecule has 32 heavy (non-hydrogen) atoms. The quantitative estimate of drug-likeness (QED) is 0.531. The van der Waals surface area contributed by atoms with Gasteiger partial charge in [0.15, 0.2) is 0 Å². The predicted octanol–water partition coefficient (Wildman–Crippen LogP) is 5.27. The van der Waals surface area contributed by atoms with Gasteiger partial charge in [-0.05, 0) is 78.9 Å². The average molecular weight is 436 g/mol. The smallest absolute Gasteiger partial charge is 0.238 e. The van der Waals surface area contributed by atoms with Crippen molar-refractivity contribution >= 4 is 17.3 Å². The molecule has 3 aromatic carbocycles. The van der Waals surface area contributed by atoms with E-state index in [0.29, 0.717) is 0 Å². The first-order valence-corrected chi connectivity index (χ1v) is 11.0. The fourth-order valence-corrected chi connectivity index (χ4v) is 4.05. The molecule has 1 saturated heterocycles. The summed E-state index contributed by atoms with van der Waals surface area (Å²) >= 11 is 0. The first-order chi connectivity index (χ1) is 15.6. The molecule has 0 unspecified atom stereocenters. The Hall–Kier alpha value is -3.25. The van der Waals surface area contributed by atoms with E-state index in [2.05, 4.69) is 15.5 Å². The summed E-state index contributed by atoms with van der Waals surface area (Å²) in [5, 5.41) is 6.12. The van der Waals surface area contributed by atoms with Crippen LogP contribution in [0.2, 0.25) is 0 Å². The predicted molar refractivity (Wildman–Crippen MR) is 124 cm³/mol. The second-order valence-corrected chi connectivity index (χ2v) is 8.06. The second-order valence-electron chi connectivity index (χ2n) is 8.06. The van der Waals surface area contributed by atoms with E-state index in [0.717, 1.165) is 29.9 Å². The van der Waals surface area contributed by atoms with Gasteiger partial charge >= 0.3 is 0 Å². The zero-order valence-corrected chi connectivity index (χ0v) is 17.9. The van der Waals surface area contributed by atoms with Crippen LogP contribution in [-0.4, -0.2) is 25.5 Å². The van der Waals surface area contributed by atoms with Crippen LogP contribution >= 0.6 is 0 Å². The molecule has 166 valence electrons. The van der Waals surface area contributed by atoms with Gasteiger partial charge in [-0.2, -0.15) is 0 Å². The van der Waals surface area contributed by atoms with Crippen molar-refractivity contribution in [3.05, 3.63) is 95.6 Å². The van der Waals surface area contributed by atoms with Gasteiger partial charge in [0.1, 0.15) is 11.6 Å². The molecule has 1 heterocycles. The van der Waals surface area contributed by atoms with Gasteiger partial charge in [-0.3, -0.25) is 10.1 Å². The Morgan fingerprint density at radius 1 is 0.781 bits per heavy atom. The molecule has 0 aromatic heterocycles. The third-order valence-electron chi connectivity index (χ3n) is 5.75. The fraction of sp³-hybridized carbons (Fsp3) is 0.269. The highest BCUT2D eigenvalue weighted by molar-refractivity contribution is 5.92. The summed E-state index contributed by atoms with van der Waals surface area (Å²) in [6.45, 7) is 2.20. The highest BCUT2D eigenvalue weighted by Crippen LogP contribution is 2.24. The zero-order chi connectivity index (χ0) is 22.3. The number of benzene rings is 3. The molecule has 2 N–H and O–H groups in total. The molecule has 0 radical (unpaired) electrons. The zero-order valence-electron chi connectivity index (χ0n) is 17.9. The summed E-state index contributed by atoms with van der Waals surface area (Å²) in [6.07, 6.45) is 3.72. The lowest BCUT2D eigenvalue weighted by Crippen LogP contribution is -2.32. The highest BCUT2D eigenvalue weighted by Gasteiger charge is 2.16. The number of anilines is 2. The Kier molecular flexibility index (Phi) is 7.12. The van der Waals surface area contributed by atoms with Crippen molar-refractivity contribution in [2.24, 2.45) is 0 Å². The summed E-state index contributed by atoms with van der Waals surface area (Å²) in [5.74, 6) is -0.861. The summed E-state index contributed by atoms with van der Waals surface area (Å²) in [7, 11) is 0.